The Morgan fingerprint density at radius 2 is 2.04 bits per heavy atom. The van der Waals surface area contributed by atoms with Gasteiger partial charge in [-0.3, -0.25) is 4.79 Å². The molecule has 0 saturated carbocycles. The van der Waals surface area contributed by atoms with Gasteiger partial charge in [-0.25, -0.2) is 4.39 Å². The predicted molar refractivity (Wildman–Crippen MR) is 85.9 cm³/mol. The molecule has 0 fully saturated rings. The lowest BCUT2D eigenvalue weighted by atomic mass is 10.1. The normalized spacial score (nSPS) is 10.9. The number of carbonyl (C=O) groups excluding carboxylic acids is 1. The number of furan rings is 1. The van der Waals surface area contributed by atoms with Crippen molar-refractivity contribution in [3.05, 3.63) is 65.7 Å². The Morgan fingerprint density at radius 1 is 1.22 bits per heavy atom. The summed E-state index contributed by atoms with van der Waals surface area (Å²) in [4.78, 5) is 12.5. The van der Waals surface area contributed by atoms with Crippen molar-refractivity contribution in [2.24, 2.45) is 0 Å². The molecule has 0 spiro atoms. The van der Waals surface area contributed by atoms with Crippen molar-refractivity contribution >= 4 is 22.6 Å². The van der Waals surface area contributed by atoms with Gasteiger partial charge >= 0.3 is 0 Å². The molecule has 0 aliphatic rings. The van der Waals surface area contributed by atoms with E-state index in [4.69, 9.17) is 9.15 Å². The lowest BCUT2D eigenvalue weighted by Gasteiger charge is -2.06. The molecule has 0 unspecified atom stereocenters. The lowest BCUT2D eigenvalue weighted by Crippen LogP contribution is -2.13. The molecular weight excluding hydrogens is 297 g/mol. The van der Waals surface area contributed by atoms with E-state index in [0.717, 1.165) is 5.39 Å². The van der Waals surface area contributed by atoms with Crippen LogP contribution in [0.5, 0.6) is 0 Å². The number of anilines is 1. The van der Waals surface area contributed by atoms with Crippen LogP contribution in [0.2, 0.25) is 0 Å². The van der Waals surface area contributed by atoms with Crippen molar-refractivity contribution in [3.8, 4) is 0 Å². The third kappa shape index (κ3) is 3.24. The van der Waals surface area contributed by atoms with Gasteiger partial charge in [-0.15, -0.1) is 0 Å². The molecule has 0 aliphatic carbocycles. The van der Waals surface area contributed by atoms with Crippen LogP contribution < -0.4 is 5.32 Å². The molecule has 0 bridgehead atoms. The number of para-hydroxylation sites is 1. The number of nitrogens with one attached hydrogen (secondary N) is 1. The second-order valence-corrected chi connectivity index (χ2v) is 5.01. The zero-order chi connectivity index (χ0) is 16.2. The first kappa shape index (κ1) is 15.2. The van der Waals surface area contributed by atoms with Crippen LogP contribution in [0.25, 0.3) is 11.0 Å². The fourth-order valence-corrected chi connectivity index (χ4v) is 2.38. The van der Waals surface area contributed by atoms with E-state index in [0.29, 0.717) is 23.4 Å². The number of benzene rings is 2. The Labute approximate surface area is 132 Å². The van der Waals surface area contributed by atoms with Crippen molar-refractivity contribution < 1.29 is 18.3 Å². The van der Waals surface area contributed by atoms with Gasteiger partial charge in [0.25, 0.3) is 5.91 Å². The molecule has 1 N–H and O–H groups in total. The fourth-order valence-electron chi connectivity index (χ4n) is 2.38. The van der Waals surface area contributed by atoms with E-state index in [-0.39, 0.29) is 12.4 Å². The molecule has 23 heavy (non-hydrogen) atoms. The first-order valence-electron chi connectivity index (χ1n) is 7.34. The van der Waals surface area contributed by atoms with E-state index in [9.17, 15) is 9.18 Å². The topological polar surface area (TPSA) is 51.5 Å². The van der Waals surface area contributed by atoms with Crippen LogP contribution in [0, 0.1) is 5.82 Å². The molecule has 0 aliphatic heterocycles. The third-order valence-electron chi connectivity index (χ3n) is 3.44. The van der Waals surface area contributed by atoms with Crippen molar-refractivity contribution in [1.29, 1.82) is 0 Å². The Hall–Kier alpha value is -2.66. The summed E-state index contributed by atoms with van der Waals surface area (Å²) in [5.41, 5.74) is 1.68. The molecule has 3 rings (SSSR count). The predicted octanol–water partition coefficient (Wildman–Crippen LogP) is 4.36. The average molecular weight is 313 g/mol. The van der Waals surface area contributed by atoms with E-state index in [1.807, 2.05) is 25.1 Å². The Morgan fingerprint density at radius 3 is 2.83 bits per heavy atom. The maximum atomic E-state index is 13.2. The van der Waals surface area contributed by atoms with Crippen LogP contribution in [0.3, 0.4) is 0 Å². The van der Waals surface area contributed by atoms with E-state index in [1.54, 1.807) is 12.1 Å². The number of carbonyl (C=O) groups is 1. The maximum absolute atomic E-state index is 13.2. The largest absolute Gasteiger partial charge is 0.451 e. The highest BCUT2D eigenvalue weighted by Crippen LogP contribution is 2.27. The smallest absolute Gasteiger partial charge is 0.291 e. The number of ether oxygens (including phenoxy) is 1. The highest BCUT2D eigenvalue weighted by Gasteiger charge is 2.20. The summed E-state index contributed by atoms with van der Waals surface area (Å²) < 4.78 is 24.4. The molecule has 3 aromatic rings. The first-order valence-corrected chi connectivity index (χ1v) is 7.34. The van der Waals surface area contributed by atoms with E-state index >= 15 is 0 Å². The summed E-state index contributed by atoms with van der Waals surface area (Å²) in [5, 5.41) is 3.49. The van der Waals surface area contributed by atoms with Gasteiger partial charge in [-0.1, -0.05) is 24.3 Å². The van der Waals surface area contributed by atoms with E-state index in [2.05, 4.69) is 5.32 Å². The van der Waals surface area contributed by atoms with Crippen LogP contribution in [0.15, 0.2) is 52.9 Å². The maximum Gasteiger partial charge on any atom is 0.291 e. The minimum atomic E-state index is -0.429. The zero-order valence-corrected chi connectivity index (χ0v) is 12.6. The molecule has 2 aromatic carbocycles. The molecule has 0 radical (unpaired) electrons. The Balaban J connectivity index is 1.95. The fraction of sp³-hybridized carbons (Fsp3) is 0.167. The number of rotatable bonds is 5. The minimum absolute atomic E-state index is 0.184. The van der Waals surface area contributed by atoms with Crippen molar-refractivity contribution in [2.75, 3.05) is 11.9 Å². The van der Waals surface area contributed by atoms with Gasteiger partial charge in [-0.05, 0) is 31.2 Å². The van der Waals surface area contributed by atoms with Gasteiger partial charge < -0.3 is 14.5 Å². The number of hydrogen-bond acceptors (Lipinski definition) is 3. The summed E-state index contributed by atoms with van der Waals surface area (Å²) in [6.45, 7) is 2.69. The van der Waals surface area contributed by atoms with Crippen LogP contribution in [0.4, 0.5) is 10.1 Å². The summed E-state index contributed by atoms with van der Waals surface area (Å²) in [6, 6.07) is 13.1. The Bertz CT molecular complexity index is 841. The van der Waals surface area contributed by atoms with Crippen molar-refractivity contribution in [2.45, 2.75) is 13.5 Å². The molecule has 0 saturated heterocycles. The molecule has 4 nitrogen and oxygen atoms in total. The van der Waals surface area contributed by atoms with Crippen LogP contribution >= 0.6 is 0 Å². The van der Waals surface area contributed by atoms with Gasteiger partial charge in [0.2, 0.25) is 0 Å². The molecule has 118 valence electrons. The van der Waals surface area contributed by atoms with Crippen molar-refractivity contribution in [3.63, 3.8) is 0 Å². The summed E-state index contributed by atoms with van der Waals surface area (Å²) >= 11 is 0. The molecular formula is C18H16FNO3. The molecule has 0 atom stereocenters. The van der Waals surface area contributed by atoms with Gasteiger partial charge in [-0.2, -0.15) is 0 Å². The summed E-state index contributed by atoms with van der Waals surface area (Å²) in [7, 11) is 0. The summed E-state index contributed by atoms with van der Waals surface area (Å²) in [5.74, 6) is -0.660. The van der Waals surface area contributed by atoms with Crippen LogP contribution in [0.1, 0.15) is 23.0 Å². The SMILES string of the molecule is CCOCc1c(C(=O)Nc2cccc(F)c2)oc2ccccc12. The highest BCUT2D eigenvalue weighted by molar-refractivity contribution is 6.06. The number of fused-ring (bicyclic) bond motifs is 1. The highest BCUT2D eigenvalue weighted by atomic mass is 19.1. The Kier molecular flexibility index (Phi) is 4.39. The molecule has 1 heterocycles. The second-order valence-electron chi connectivity index (χ2n) is 5.01. The summed E-state index contributed by atoms with van der Waals surface area (Å²) in [6.07, 6.45) is 0. The zero-order valence-electron chi connectivity index (χ0n) is 12.6. The van der Waals surface area contributed by atoms with Gasteiger partial charge in [0.1, 0.15) is 11.4 Å². The number of hydrogen-bond donors (Lipinski definition) is 1. The first-order chi connectivity index (χ1) is 11.2. The van der Waals surface area contributed by atoms with E-state index in [1.165, 1.54) is 18.2 Å². The molecule has 5 heteroatoms. The van der Waals surface area contributed by atoms with Crippen LogP contribution in [-0.4, -0.2) is 12.5 Å². The molecule has 1 amide bonds. The van der Waals surface area contributed by atoms with Crippen LogP contribution in [-0.2, 0) is 11.3 Å². The average Bonchev–Trinajstić information content (AvgIpc) is 2.91. The number of halogens is 1. The molecule has 1 aromatic heterocycles. The van der Waals surface area contributed by atoms with E-state index < -0.39 is 11.7 Å². The van der Waals surface area contributed by atoms with Crippen molar-refractivity contribution in [1.82, 2.24) is 0 Å². The second kappa shape index (κ2) is 6.62. The third-order valence-corrected chi connectivity index (χ3v) is 3.44. The van der Waals surface area contributed by atoms with Gasteiger partial charge in [0, 0.05) is 23.2 Å². The lowest BCUT2D eigenvalue weighted by molar-refractivity contribution is 0.0984. The monoisotopic (exact) mass is 313 g/mol. The minimum Gasteiger partial charge on any atom is -0.451 e. The van der Waals surface area contributed by atoms with Gasteiger partial charge in [0.15, 0.2) is 5.76 Å². The number of amides is 1. The quantitative estimate of drug-likeness (QED) is 0.761. The standard InChI is InChI=1S/C18H16FNO3/c1-2-22-11-15-14-8-3-4-9-16(14)23-17(15)18(21)20-13-7-5-6-12(19)10-13/h3-10H,2,11H2,1H3,(H,20,21). The van der Waals surface area contributed by atoms with Gasteiger partial charge in [0.05, 0.1) is 6.61 Å².